The fraction of sp³-hybridized carbons (Fsp3) is 0.353. The largest absolute Gasteiger partial charge is 0.387 e. The van der Waals surface area contributed by atoms with Gasteiger partial charge in [0.2, 0.25) is 10.0 Å². The van der Waals surface area contributed by atoms with E-state index in [-0.39, 0.29) is 17.4 Å². The lowest BCUT2D eigenvalue weighted by Crippen LogP contribution is -2.37. The van der Waals surface area contributed by atoms with Crippen molar-refractivity contribution in [1.82, 2.24) is 9.29 Å². The van der Waals surface area contributed by atoms with Crippen molar-refractivity contribution in [1.29, 1.82) is 0 Å². The molecule has 6 heteroatoms. The minimum absolute atomic E-state index is 0.0133. The van der Waals surface area contributed by atoms with Gasteiger partial charge in [-0.1, -0.05) is 44.2 Å². The van der Waals surface area contributed by atoms with Crippen LogP contribution < -0.4 is 0 Å². The van der Waals surface area contributed by atoms with E-state index in [2.05, 4.69) is 4.98 Å². The molecule has 1 aromatic heterocycles. The average Bonchev–Trinajstić information content (AvgIpc) is 2.55. The van der Waals surface area contributed by atoms with Crippen LogP contribution in [0.2, 0.25) is 0 Å². The molecule has 1 unspecified atom stereocenters. The second kappa shape index (κ2) is 7.68. The molecule has 0 amide bonds. The lowest BCUT2D eigenvalue weighted by Gasteiger charge is -2.26. The van der Waals surface area contributed by atoms with Gasteiger partial charge in [0.1, 0.15) is 4.90 Å². The first-order chi connectivity index (χ1) is 10.9. The Morgan fingerprint density at radius 3 is 2.35 bits per heavy atom. The first-order valence-corrected chi connectivity index (χ1v) is 8.98. The van der Waals surface area contributed by atoms with Crippen molar-refractivity contribution < 1.29 is 13.5 Å². The summed E-state index contributed by atoms with van der Waals surface area (Å²) in [7, 11) is -3.69. The van der Waals surface area contributed by atoms with Crippen LogP contribution in [0.15, 0.2) is 59.8 Å². The number of hydrogen-bond donors (Lipinski definition) is 1. The van der Waals surface area contributed by atoms with E-state index >= 15 is 0 Å². The minimum atomic E-state index is -3.69. The highest BCUT2D eigenvalue weighted by atomic mass is 32.2. The number of nitrogens with zero attached hydrogens (tertiary/aromatic N) is 2. The van der Waals surface area contributed by atoms with Gasteiger partial charge in [-0.15, -0.1) is 0 Å². The summed E-state index contributed by atoms with van der Waals surface area (Å²) in [5.74, 6) is 0.143. The molecule has 0 spiro atoms. The number of benzene rings is 1. The van der Waals surface area contributed by atoms with E-state index in [0.717, 1.165) is 0 Å². The van der Waals surface area contributed by atoms with E-state index in [0.29, 0.717) is 12.1 Å². The van der Waals surface area contributed by atoms with Gasteiger partial charge in [0.25, 0.3) is 0 Å². The number of sulfonamides is 1. The lowest BCUT2D eigenvalue weighted by molar-refractivity contribution is 0.143. The van der Waals surface area contributed by atoms with Crippen LogP contribution in [0.3, 0.4) is 0 Å². The average molecular weight is 334 g/mol. The summed E-state index contributed by atoms with van der Waals surface area (Å²) in [4.78, 5) is 4.02. The highest BCUT2D eigenvalue weighted by Gasteiger charge is 2.27. The number of aliphatic hydroxyl groups is 1. The third-order valence-corrected chi connectivity index (χ3v) is 5.22. The summed E-state index contributed by atoms with van der Waals surface area (Å²) in [6.45, 7) is 4.24. The van der Waals surface area contributed by atoms with Crippen molar-refractivity contribution in [3.05, 3.63) is 60.4 Å². The number of aromatic nitrogens is 1. The van der Waals surface area contributed by atoms with Crippen LogP contribution >= 0.6 is 0 Å². The summed E-state index contributed by atoms with van der Waals surface area (Å²) >= 11 is 0. The van der Waals surface area contributed by atoms with E-state index in [1.807, 2.05) is 32.0 Å². The Balaban J connectivity index is 2.27. The molecule has 1 N–H and O–H groups in total. The molecule has 0 saturated carbocycles. The Kier molecular flexibility index (Phi) is 5.87. The predicted molar refractivity (Wildman–Crippen MR) is 89.2 cm³/mol. The lowest BCUT2D eigenvalue weighted by atomic mass is 10.1. The van der Waals surface area contributed by atoms with E-state index < -0.39 is 16.1 Å². The van der Waals surface area contributed by atoms with Crippen molar-refractivity contribution in [2.24, 2.45) is 5.92 Å². The quantitative estimate of drug-likeness (QED) is 0.844. The van der Waals surface area contributed by atoms with Crippen molar-refractivity contribution in [3.8, 4) is 0 Å². The van der Waals surface area contributed by atoms with Crippen molar-refractivity contribution >= 4 is 10.0 Å². The molecular weight excluding hydrogens is 312 g/mol. The van der Waals surface area contributed by atoms with Gasteiger partial charge >= 0.3 is 0 Å². The standard InChI is InChI=1S/C17H22N2O3S/c1-14(2)12-19(13-17(20)15-7-4-3-5-8-15)23(21,22)16-9-6-10-18-11-16/h3-11,14,17,20H,12-13H2,1-2H3. The Hall–Kier alpha value is -1.76. The van der Waals surface area contributed by atoms with Gasteiger partial charge in [0, 0.05) is 25.5 Å². The smallest absolute Gasteiger partial charge is 0.244 e. The Morgan fingerprint density at radius 1 is 1.09 bits per heavy atom. The number of rotatable bonds is 7. The second-order valence-corrected chi connectivity index (χ2v) is 7.77. The summed E-state index contributed by atoms with van der Waals surface area (Å²) in [6, 6.07) is 12.2. The molecule has 124 valence electrons. The van der Waals surface area contributed by atoms with Crippen molar-refractivity contribution in [2.75, 3.05) is 13.1 Å². The second-order valence-electron chi connectivity index (χ2n) is 5.83. The number of hydrogen-bond acceptors (Lipinski definition) is 4. The SMILES string of the molecule is CC(C)CN(CC(O)c1ccccc1)S(=O)(=O)c1cccnc1. The van der Waals surface area contributed by atoms with Gasteiger partial charge in [0.15, 0.2) is 0 Å². The highest BCUT2D eigenvalue weighted by Crippen LogP contribution is 2.21. The molecule has 2 aromatic rings. The van der Waals surface area contributed by atoms with Gasteiger partial charge < -0.3 is 5.11 Å². The molecule has 1 heterocycles. The molecule has 0 aliphatic carbocycles. The van der Waals surface area contributed by atoms with E-state index in [9.17, 15) is 13.5 Å². The maximum absolute atomic E-state index is 12.8. The van der Waals surface area contributed by atoms with Crippen LogP contribution in [0, 0.1) is 5.92 Å². The Morgan fingerprint density at radius 2 is 1.78 bits per heavy atom. The Labute approximate surface area is 137 Å². The summed E-state index contributed by atoms with van der Waals surface area (Å²) in [5, 5.41) is 10.4. The Bertz CT molecular complexity index is 703. The van der Waals surface area contributed by atoms with Gasteiger partial charge in [-0.25, -0.2) is 8.42 Å². The van der Waals surface area contributed by atoms with Crippen LogP contribution in [-0.4, -0.2) is 35.9 Å². The van der Waals surface area contributed by atoms with Gasteiger partial charge in [0.05, 0.1) is 6.10 Å². The van der Waals surface area contributed by atoms with E-state index in [1.165, 1.54) is 22.8 Å². The summed E-state index contributed by atoms with van der Waals surface area (Å²) in [6.07, 6.45) is 1.99. The van der Waals surface area contributed by atoms with Crippen LogP contribution in [0.4, 0.5) is 0 Å². The minimum Gasteiger partial charge on any atom is -0.387 e. The fourth-order valence-electron chi connectivity index (χ4n) is 2.30. The van der Waals surface area contributed by atoms with Gasteiger partial charge in [-0.05, 0) is 23.6 Å². The fourth-order valence-corrected chi connectivity index (χ4v) is 3.87. The zero-order valence-corrected chi connectivity index (χ0v) is 14.1. The molecule has 0 radical (unpaired) electrons. The molecule has 2 rings (SSSR count). The zero-order valence-electron chi connectivity index (χ0n) is 13.3. The zero-order chi connectivity index (χ0) is 16.9. The summed E-state index contributed by atoms with van der Waals surface area (Å²) in [5.41, 5.74) is 0.697. The van der Waals surface area contributed by atoms with Crippen molar-refractivity contribution in [2.45, 2.75) is 24.8 Å². The molecule has 0 saturated heterocycles. The topological polar surface area (TPSA) is 70.5 Å². The summed E-state index contributed by atoms with van der Waals surface area (Å²) < 4.78 is 26.9. The maximum Gasteiger partial charge on any atom is 0.244 e. The monoisotopic (exact) mass is 334 g/mol. The molecule has 0 bridgehead atoms. The third-order valence-electron chi connectivity index (χ3n) is 3.40. The first-order valence-electron chi connectivity index (χ1n) is 7.54. The normalized spacial score (nSPS) is 13.4. The first kappa shape index (κ1) is 17.6. The highest BCUT2D eigenvalue weighted by molar-refractivity contribution is 7.89. The van der Waals surface area contributed by atoms with Crippen LogP contribution in [0.25, 0.3) is 0 Å². The van der Waals surface area contributed by atoms with E-state index in [4.69, 9.17) is 0 Å². The maximum atomic E-state index is 12.8. The molecular formula is C17H22N2O3S. The molecule has 5 nitrogen and oxygen atoms in total. The van der Waals surface area contributed by atoms with Crippen LogP contribution in [0.5, 0.6) is 0 Å². The van der Waals surface area contributed by atoms with Gasteiger partial charge in [-0.2, -0.15) is 4.31 Å². The van der Waals surface area contributed by atoms with Crippen LogP contribution in [-0.2, 0) is 10.0 Å². The molecule has 1 atom stereocenters. The van der Waals surface area contributed by atoms with E-state index in [1.54, 1.807) is 18.2 Å². The van der Waals surface area contributed by atoms with Crippen LogP contribution in [0.1, 0.15) is 25.5 Å². The number of pyridine rings is 1. The van der Waals surface area contributed by atoms with Gasteiger partial charge in [-0.3, -0.25) is 4.98 Å². The molecule has 23 heavy (non-hydrogen) atoms. The molecule has 0 fully saturated rings. The molecule has 0 aliphatic heterocycles. The number of aliphatic hydroxyl groups excluding tert-OH is 1. The van der Waals surface area contributed by atoms with Crippen molar-refractivity contribution in [3.63, 3.8) is 0 Å². The molecule has 1 aromatic carbocycles. The predicted octanol–water partition coefficient (Wildman–Crippen LogP) is 2.46. The molecule has 0 aliphatic rings. The third kappa shape index (κ3) is 4.60.